The molecule has 0 fully saturated rings. The van der Waals surface area contributed by atoms with Gasteiger partial charge in [-0.05, 0) is 24.1 Å². The standard InChI is InChI=1S/C12H14N4O2/c1-2-10-11(12(13)18)14-15-16(10)7-8-3-5-9(17)6-4-8/h3-6,17H,2,7H2,1H3,(H2,13,18). The molecule has 0 aliphatic heterocycles. The third-order valence-corrected chi connectivity index (χ3v) is 2.67. The maximum atomic E-state index is 11.2. The Kier molecular flexibility index (Phi) is 3.27. The fraction of sp³-hybridized carbons (Fsp3) is 0.250. The predicted molar refractivity (Wildman–Crippen MR) is 65.1 cm³/mol. The molecule has 1 aromatic carbocycles. The molecule has 0 atom stereocenters. The van der Waals surface area contributed by atoms with Crippen molar-refractivity contribution in [1.82, 2.24) is 15.0 Å². The Morgan fingerprint density at radius 1 is 1.39 bits per heavy atom. The highest BCUT2D eigenvalue weighted by Crippen LogP contribution is 2.13. The molecule has 0 radical (unpaired) electrons. The minimum Gasteiger partial charge on any atom is -0.508 e. The van der Waals surface area contributed by atoms with Crippen LogP contribution in [0.25, 0.3) is 0 Å². The minimum absolute atomic E-state index is 0.214. The number of hydrogen-bond donors (Lipinski definition) is 2. The van der Waals surface area contributed by atoms with Crippen LogP contribution in [-0.4, -0.2) is 26.0 Å². The van der Waals surface area contributed by atoms with Gasteiger partial charge in [-0.3, -0.25) is 4.79 Å². The van der Waals surface area contributed by atoms with Gasteiger partial charge in [0.1, 0.15) is 5.75 Å². The smallest absolute Gasteiger partial charge is 0.271 e. The number of carbonyl (C=O) groups is 1. The molecular formula is C12H14N4O2. The van der Waals surface area contributed by atoms with Crippen LogP contribution in [0.15, 0.2) is 24.3 Å². The van der Waals surface area contributed by atoms with Crippen molar-refractivity contribution in [3.8, 4) is 5.75 Å². The average Bonchev–Trinajstić information content (AvgIpc) is 2.75. The van der Waals surface area contributed by atoms with E-state index in [0.29, 0.717) is 13.0 Å². The number of primary amides is 1. The monoisotopic (exact) mass is 246 g/mol. The third-order valence-electron chi connectivity index (χ3n) is 2.67. The van der Waals surface area contributed by atoms with E-state index in [0.717, 1.165) is 11.3 Å². The number of nitrogens with two attached hydrogens (primary N) is 1. The van der Waals surface area contributed by atoms with Gasteiger partial charge in [0.15, 0.2) is 5.69 Å². The first-order chi connectivity index (χ1) is 8.61. The maximum absolute atomic E-state index is 11.2. The molecule has 0 spiro atoms. The summed E-state index contributed by atoms with van der Waals surface area (Å²) < 4.78 is 1.65. The van der Waals surface area contributed by atoms with Crippen molar-refractivity contribution in [3.63, 3.8) is 0 Å². The molecular weight excluding hydrogens is 232 g/mol. The molecule has 94 valence electrons. The fourth-order valence-corrected chi connectivity index (χ4v) is 1.78. The number of benzene rings is 1. The van der Waals surface area contributed by atoms with Gasteiger partial charge in [0.25, 0.3) is 5.91 Å². The lowest BCUT2D eigenvalue weighted by Gasteiger charge is -2.05. The van der Waals surface area contributed by atoms with Crippen molar-refractivity contribution < 1.29 is 9.90 Å². The number of hydrogen-bond acceptors (Lipinski definition) is 4. The van der Waals surface area contributed by atoms with E-state index < -0.39 is 5.91 Å². The molecule has 0 aliphatic carbocycles. The van der Waals surface area contributed by atoms with E-state index in [1.165, 1.54) is 0 Å². The van der Waals surface area contributed by atoms with E-state index in [1.54, 1.807) is 28.9 Å². The Morgan fingerprint density at radius 3 is 2.61 bits per heavy atom. The highest BCUT2D eigenvalue weighted by Gasteiger charge is 2.15. The number of carbonyl (C=O) groups excluding carboxylic acids is 1. The van der Waals surface area contributed by atoms with Crippen LogP contribution in [0.4, 0.5) is 0 Å². The van der Waals surface area contributed by atoms with Crippen LogP contribution in [0.5, 0.6) is 5.75 Å². The van der Waals surface area contributed by atoms with Gasteiger partial charge in [0.05, 0.1) is 12.2 Å². The first-order valence-electron chi connectivity index (χ1n) is 5.62. The Labute approximate surface area is 104 Å². The van der Waals surface area contributed by atoms with Crippen LogP contribution in [0.3, 0.4) is 0 Å². The SMILES string of the molecule is CCc1c(C(N)=O)nnn1Cc1ccc(O)cc1. The van der Waals surface area contributed by atoms with E-state index in [-0.39, 0.29) is 11.4 Å². The molecule has 0 aliphatic rings. The van der Waals surface area contributed by atoms with Gasteiger partial charge >= 0.3 is 0 Å². The zero-order valence-corrected chi connectivity index (χ0v) is 10.00. The Bertz CT molecular complexity index is 560. The first kappa shape index (κ1) is 12.1. The number of phenolic OH excluding ortho intramolecular Hbond substituents is 1. The zero-order chi connectivity index (χ0) is 13.1. The summed E-state index contributed by atoms with van der Waals surface area (Å²) in [7, 11) is 0. The van der Waals surface area contributed by atoms with E-state index in [4.69, 9.17) is 5.73 Å². The topological polar surface area (TPSA) is 94.0 Å². The molecule has 3 N–H and O–H groups in total. The lowest BCUT2D eigenvalue weighted by molar-refractivity contribution is 0.0994. The third kappa shape index (κ3) is 2.32. The number of amides is 1. The summed E-state index contributed by atoms with van der Waals surface area (Å²) in [6.45, 7) is 2.40. The van der Waals surface area contributed by atoms with Gasteiger partial charge in [0.2, 0.25) is 0 Å². The number of aromatic nitrogens is 3. The van der Waals surface area contributed by atoms with Gasteiger partial charge < -0.3 is 10.8 Å². The predicted octanol–water partition coefficient (Wildman–Crippen LogP) is 0.693. The highest BCUT2D eigenvalue weighted by molar-refractivity contribution is 5.91. The van der Waals surface area contributed by atoms with Crippen LogP contribution < -0.4 is 5.73 Å². The maximum Gasteiger partial charge on any atom is 0.271 e. The molecule has 0 saturated carbocycles. The quantitative estimate of drug-likeness (QED) is 0.830. The Balaban J connectivity index is 2.29. The van der Waals surface area contributed by atoms with Gasteiger partial charge in [0, 0.05) is 0 Å². The van der Waals surface area contributed by atoms with Crippen molar-refractivity contribution >= 4 is 5.91 Å². The van der Waals surface area contributed by atoms with Crippen LogP contribution in [-0.2, 0) is 13.0 Å². The average molecular weight is 246 g/mol. The lowest BCUT2D eigenvalue weighted by atomic mass is 10.2. The molecule has 18 heavy (non-hydrogen) atoms. The number of nitrogens with zero attached hydrogens (tertiary/aromatic N) is 3. The van der Waals surface area contributed by atoms with Gasteiger partial charge in [-0.25, -0.2) is 4.68 Å². The molecule has 0 saturated heterocycles. The fourth-order valence-electron chi connectivity index (χ4n) is 1.78. The molecule has 2 rings (SSSR count). The number of aromatic hydroxyl groups is 1. The summed E-state index contributed by atoms with van der Waals surface area (Å²) in [4.78, 5) is 11.2. The van der Waals surface area contributed by atoms with Crippen LogP contribution >= 0.6 is 0 Å². The highest BCUT2D eigenvalue weighted by atomic mass is 16.3. The van der Waals surface area contributed by atoms with Gasteiger partial charge in [-0.2, -0.15) is 0 Å². The Morgan fingerprint density at radius 2 is 2.06 bits per heavy atom. The zero-order valence-electron chi connectivity index (χ0n) is 10.00. The van der Waals surface area contributed by atoms with Crippen LogP contribution in [0, 0.1) is 0 Å². The first-order valence-corrected chi connectivity index (χ1v) is 5.62. The van der Waals surface area contributed by atoms with Crippen LogP contribution in [0.2, 0.25) is 0 Å². The lowest BCUT2D eigenvalue weighted by Crippen LogP contribution is -2.15. The van der Waals surface area contributed by atoms with Crippen molar-refractivity contribution in [3.05, 3.63) is 41.2 Å². The molecule has 2 aromatic rings. The summed E-state index contributed by atoms with van der Waals surface area (Å²) in [5.41, 5.74) is 7.13. The molecule has 1 amide bonds. The van der Waals surface area contributed by atoms with Crippen molar-refractivity contribution in [2.24, 2.45) is 5.73 Å². The van der Waals surface area contributed by atoms with Crippen molar-refractivity contribution in [2.45, 2.75) is 19.9 Å². The molecule has 0 bridgehead atoms. The summed E-state index contributed by atoms with van der Waals surface area (Å²) in [5, 5.41) is 16.9. The molecule has 6 heteroatoms. The van der Waals surface area contributed by atoms with Gasteiger partial charge in [-0.1, -0.05) is 24.3 Å². The molecule has 0 unspecified atom stereocenters. The largest absolute Gasteiger partial charge is 0.508 e. The summed E-state index contributed by atoms with van der Waals surface area (Å²) in [6.07, 6.45) is 0.628. The van der Waals surface area contributed by atoms with E-state index in [1.807, 2.05) is 6.92 Å². The summed E-state index contributed by atoms with van der Waals surface area (Å²) in [5.74, 6) is -0.352. The number of rotatable bonds is 4. The molecule has 6 nitrogen and oxygen atoms in total. The van der Waals surface area contributed by atoms with E-state index >= 15 is 0 Å². The number of phenols is 1. The van der Waals surface area contributed by atoms with Crippen molar-refractivity contribution in [1.29, 1.82) is 0 Å². The van der Waals surface area contributed by atoms with E-state index in [9.17, 15) is 9.90 Å². The second-order valence-corrected chi connectivity index (χ2v) is 3.93. The molecule has 1 heterocycles. The van der Waals surface area contributed by atoms with E-state index in [2.05, 4.69) is 10.3 Å². The summed E-state index contributed by atoms with van der Waals surface area (Å²) >= 11 is 0. The minimum atomic E-state index is -0.566. The van der Waals surface area contributed by atoms with Crippen molar-refractivity contribution in [2.75, 3.05) is 0 Å². The Hall–Kier alpha value is -2.37. The second-order valence-electron chi connectivity index (χ2n) is 3.93. The second kappa shape index (κ2) is 4.87. The molecule has 1 aromatic heterocycles. The van der Waals surface area contributed by atoms with Crippen LogP contribution in [0.1, 0.15) is 28.7 Å². The van der Waals surface area contributed by atoms with Gasteiger partial charge in [-0.15, -0.1) is 5.10 Å². The normalized spacial score (nSPS) is 10.5. The summed E-state index contributed by atoms with van der Waals surface area (Å²) in [6, 6.07) is 6.79.